The van der Waals surface area contributed by atoms with Gasteiger partial charge in [0.1, 0.15) is 0 Å². The van der Waals surface area contributed by atoms with Crippen LogP contribution in [0.3, 0.4) is 0 Å². The van der Waals surface area contributed by atoms with Crippen molar-refractivity contribution >= 4 is 11.6 Å². The largest absolute Gasteiger partial charge is 0.381 e. The minimum atomic E-state index is 0.156. The lowest BCUT2D eigenvalue weighted by molar-refractivity contribution is 0.0697. The van der Waals surface area contributed by atoms with Crippen LogP contribution in [0.15, 0.2) is 18.2 Å². The summed E-state index contributed by atoms with van der Waals surface area (Å²) in [5.41, 5.74) is 6.25. The first kappa shape index (κ1) is 17.5. The maximum absolute atomic E-state index is 12.7. The van der Waals surface area contributed by atoms with Crippen molar-refractivity contribution in [1.82, 2.24) is 15.1 Å². The molecule has 1 aromatic carbocycles. The molecule has 25 heavy (non-hydrogen) atoms. The highest BCUT2D eigenvalue weighted by Gasteiger charge is 2.21. The van der Waals surface area contributed by atoms with Gasteiger partial charge in [0.05, 0.1) is 5.69 Å². The second kappa shape index (κ2) is 7.30. The number of nitrogens with zero attached hydrogens (tertiary/aromatic N) is 2. The average Bonchev–Trinajstić information content (AvgIpc) is 2.92. The highest BCUT2D eigenvalue weighted by Crippen LogP contribution is 2.22. The lowest BCUT2D eigenvalue weighted by atomic mass is 9.98. The zero-order valence-electron chi connectivity index (χ0n) is 15.6. The number of carbonyl (C=O) groups is 1. The second-order valence-electron chi connectivity index (χ2n) is 7.27. The molecule has 1 fully saturated rings. The fraction of sp³-hybridized carbons (Fsp3) is 0.500. The molecule has 2 heterocycles. The molecule has 2 N–H and O–H groups in total. The Labute approximate surface area is 149 Å². The van der Waals surface area contributed by atoms with Gasteiger partial charge in [-0.2, -0.15) is 5.10 Å². The summed E-state index contributed by atoms with van der Waals surface area (Å²) in [6.45, 7) is 10.8. The van der Waals surface area contributed by atoms with Gasteiger partial charge in [-0.1, -0.05) is 6.92 Å². The molecule has 0 bridgehead atoms. The van der Waals surface area contributed by atoms with Gasteiger partial charge in [-0.3, -0.25) is 9.89 Å². The summed E-state index contributed by atoms with van der Waals surface area (Å²) in [5, 5.41) is 10.7. The van der Waals surface area contributed by atoms with Crippen molar-refractivity contribution in [2.45, 2.75) is 47.1 Å². The number of nitrogens with one attached hydrogen (secondary N) is 2. The van der Waals surface area contributed by atoms with Gasteiger partial charge in [0, 0.05) is 42.1 Å². The molecule has 2 aromatic rings. The van der Waals surface area contributed by atoms with E-state index in [1.807, 2.05) is 43.9 Å². The molecule has 134 valence electrons. The van der Waals surface area contributed by atoms with Crippen LogP contribution >= 0.6 is 0 Å². The fourth-order valence-electron chi connectivity index (χ4n) is 3.41. The number of carbonyl (C=O) groups excluding carboxylic acids is 1. The molecule has 1 aliphatic heterocycles. The van der Waals surface area contributed by atoms with Crippen LogP contribution in [-0.2, 0) is 6.54 Å². The fourth-order valence-corrected chi connectivity index (χ4v) is 3.41. The Bertz CT molecular complexity index is 738. The SMILES string of the molecule is Cc1cc(C(=O)N2CCC(C)CC2)ccc1NCc1c(C)n[nH]c1C. The third kappa shape index (κ3) is 3.86. The standard InChI is InChI=1S/C20H28N4O/c1-13-7-9-24(10-8-13)20(25)17-5-6-19(14(2)11-17)21-12-18-15(3)22-23-16(18)4/h5-6,11,13,21H,7-10,12H2,1-4H3,(H,22,23). The van der Waals surface area contributed by atoms with Gasteiger partial charge in [0.15, 0.2) is 0 Å². The summed E-state index contributed by atoms with van der Waals surface area (Å²) >= 11 is 0. The summed E-state index contributed by atoms with van der Waals surface area (Å²) in [5.74, 6) is 0.885. The van der Waals surface area contributed by atoms with E-state index in [1.54, 1.807) is 0 Å². The number of amides is 1. The first-order valence-electron chi connectivity index (χ1n) is 9.10. The smallest absolute Gasteiger partial charge is 0.253 e. The highest BCUT2D eigenvalue weighted by molar-refractivity contribution is 5.95. The van der Waals surface area contributed by atoms with E-state index in [2.05, 4.69) is 22.4 Å². The number of aryl methyl sites for hydroxylation is 3. The number of rotatable bonds is 4. The minimum Gasteiger partial charge on any atom is -0.381 e. The average molecular weight is 340 g/mol. The Kier molecular flexibility index (Phi) is 5.11. The summed E-state index contributed by atoms with van der Waals surface area (Å²) < 4.78 is 0. The number of likely N-dealkylation sites (tertiary alicyclic amines) is 1. The number of anilines is 1. The van der Waals surface area contributed by atoms with Gasteiger partial charge < -0.3 is 10.2 Å². The number of benzene rings is 1. The van der Waals surface area contributed by atoms with Crippen LogP contribution in [0.2, 0.25) is 0 Å². The van der Waals surface area contributed by atoms with Crippen LogP contribution < -0.4 is 5.32 Å². The quantitative estimate of drug-likeness (QED) is 0.889. The summed E-state index contributed by atoms with van der Waals surface area (Å²) in [4.78, 5) is 14.7. The lowest BCUT2D eigenvalue weighted by Crippen LogP contribution is -2.37. The van der Waals surface area contributed by atoms with E-state index >= 15 is 0 Å². The zero-order chi connectivity index (χ0) is 18.0. The van der Waals surface area contributed by atoms with Crippen molar-refractivity contribution < 1.29 is 4.79 Å². The third-order valence-corrected chi connectivity index (χ3v) is 5.28. The van der Waals surface area contributed by atoms with Crippen molar-refractivity contribution in [2.75, 3.05) is 18.4 Å². The van der Waals surface area contributed by atoms with Crippen LogP contribution in [0.1, 0.15) is 52.6 Å². The highest BCUT2D eigenvalue weighted by atomic mass is 16.2. The Morgan fingerprint density at radius 3 is 2.60 bits per heavy atom. The lowest BCUT2D eigenvalue weighted by Gasteiger charge is -2.30. The number of aromatic amines is 1. The maximum Gasteiger partial charge on any atom is 0.253 e. The monoisotopic (exact) mass is 340 g/mol. The van der Waals surface area contributed by atoms with Crippen molar-refractivity contribution in [2.24, 2.45) is 5.92 Å². The van der Waals surface area contributed by atoms with Crippen molar-refractivity contribution in [1.29, 1.82) is 0 Å². The molecule has 0 saturated carbocycles. The Hall–Kier alpha value is -2.30. The van der Waals surface area contributed by atoms with Gasteiger partial charge in [-0.05, 0) is 63.3 Å². The van der Waals surface area contributed by atoms with Crippen LogP contribution in [0.25, 0.3) is 0 Å². The molecule has 0 radical (unpaired) electrons. The van der Waals surface area contributed by atoms with Crippen LogP contribution in [-0.4, -0.2) is 34.1 Å². The molecule has 1 saturated heterocycles. The molecule has 1 aliphatic rings. The molecular weight excluding hydrogens is 312 g/mol. The Morgan fingerprint density at radius 1 is 1.28 bits per heavy atom. The number of hydrogen-bond acceptors (Lipinski definition) is 3. The predicted molar refractivity (Wildman–Crippen MR) is 101 cm³/mol. The van der Waals surface area contributed by atoms with Gasteiger partial charge in [0.25, 0.3) is 5.91 Å². The van der Waals surface area contributed by atoms with Crippen LogP contribution in [0, 0.1) is 26.7 Å². The molecule has 0 aliphatic carbocycles. The second-order valence-corrected chi connectivity index (χ2v) is 7.27. The molecule has 1 amide bonds. The van der Waals surface area contributed by atoms with Gasteiger partial charge in [-0.25, -0.2) is 0 Å². The van der Waals surface area contributed by atoms with E-state index < -0.39 is 0 Å². The molecule has 0 spiro atoms. The zero-order valence-corrected chi connectivity index (χ0v) is 15.6. The van der Waals surface area contributed by atoms with Gasteiger partial charge in [-0.15, -0.1) is 0 Å². The van der Waals surface area contributed by atoms with Gasteiger partial charge >= 0.3 is 0 Å². The van der Waals surface area contributed by atoms with Crippen LogP contribution in [0.4, 0.5) is 5.69 Å². The summed E-state index contributed by atoms with van der Waals surface area (Å²) in [6, 6.07) is 5.95. The third-order valence-electron chi connectivity index (χ3n) is 5.28. The number of hydrogen-bond donors (Lipinski definition) is 2. The predicted octanol–water partition coefficient (Wildman–Crippen LogP) is 3.82. The van der Waals surface area contributed by atoms with E-state index in [1.165, 1.54) is 5.56 Å². The first-order valence-corrected chi connectivity index (χ1v) is 9.10. The summed E-state index contributed by atoms with van der Waals surface area (Å²) in [7, 11) is 0. The molecule has 5 heteroatoms. The Morgan fingerprint density at radius 2 is 2.00 bits per heavy atom. The van der Waals surface area contributed by atoms with Gasteiger partial charge in [0.2, 0.25) is 0 Å². The molecule has 5 nitrogen and oxygen atoms in total. The van der Waals surface area contributed by atoms with E-state index in [9.17, 15) is 4.79 Å². The summed E-state index contributed by atoms with van der Waals surface area (Å²) in [6.07, 6.45) is 2.21. The molecule has 0 unspecified atom stereocenters. The molecular formula is C20H28N4O. The van der Waals surface area contributed by atoms with Crippen molar-refractivity contribution in [3.8, 4) is 0 Å². The number of H-pyrrole nitrogens is 1. The topological polar surface area (TPSA) is 61.0 Å². The minimum absolute atomic E-state index is 0.156. The molecule has 1 aromatic heterocycles. The number of piperidine rings is 1. The van der Waals surface area contributed by atoms with E-state index in [4.69, 9.17) is 0 Å². The van der Waals surface area contributed by atoms with E-state index in [0.717, 1.165) is 66.6 Å². The van der Waals surface area contributed by atoms with E-state index in [-0.39, 0.29) is 5.91 Å². The normalized spacial score (nSPS) is 15.4. The van der Waals surface area contributed by atoms with Crippen molar-refractivity contribution in [3.05, 3.63) is 46.3 Å². The van der Waals surface area contributed by atoms with E-state index in [0.29, 0.717) is 0 Å². The number of aromatic nitrogens is 2. The molecule has 3 rings (SSSR count). The maximum atomic E-state index is 12.7. The molecule has 0 atom stereocenters. The van der Waals surface area contributed by atoms with Crippen molar-refractivity contribution in [3.63, 3.8) is 0 Å². The Balaban J connectivity index is 1.67. The first-order chi connectivity index (χ1) is 12.0. The van der Waals surface area contributed by atoms with Crippen LogP contribution in [0.5, 0.6) is 0 Å².